The van der Waals surface area contributed by atoms with Crippen molar-refractivity contribution in [2.24, 2.45) is 17.8 Å². The molecule has 4 saturated carbocycles. The summed E-state index contributed by atoms with van der Waals surface area (Å²) in [4.78, 5) is 2.56. The summed E-state index contributed by atoms with van der Waals surface area (Å²) >= 11 is 0. The standard InChI is InChI=1S/C65H57NSi/c1-64(2)61-25-15-14-24-59(61)63-60(50-27-26-48-16-12-13-17-49(48)39-50)40-54(41-62(63)64)66(52-30-28-51(29-31-52)65-42-45-36-46(43-65)38-47(37-45)44-65)53-32-34-58(35-33-53)67(55-18-6-3-7-19-55,56-20-8-4-9-21-56)57-22-10-5-11-23-57/h3-35,39-41,45-47H,36-38,42-44H2,1-2H3. The molecule has 0 amide bonds. The maximum absolute atomic E-state index is 2.72. The van der Waals surface area contributed by atoms with Crippen LogP contribution in [-0.2, 0) is 10.8 Å². The maximum atomic E-state index is 2.56. The Morgan fingerprint density at radius 1 is 0.403 bits per heavy atom. The molecular weight excluding hydrogens is 823 g/mol. The van der Waals surface area contributed by atoms with Gasteiger partial charge in [0.15, 0.2) is 8.07 Å². The predicted octanol–water partition coefficient (Wildman–Crippen LogP) is 14.1. The van der Waals surface area contributed by atoms with Gasteiger partial charge in [0.05, 0.1) is 0 Å². The molecular formula is C65H57NSi. The highest BCUT2D eigenvalue weighted by Gasteiger charge is 2.51. The van der Waals surface area contributed by atoms with E-state index in [9.17, 15) is 0 Å². The summed E-state index contributed by atoms with van der Waals surface area (Å²) in [5.74, 6) is 2.73. The van der Waals surface area contributed by atoms with Crippen molar-refractivity contribution >= 4 is 56.7 Å². The van der Waals surface area contributed by atoms with Gasteiger partial charge in [-0.25, -0.2) is 0 Å². The minimum atomic E-state index is -2.72. The van der Waals surface area contributed by atoms with E-state index < -0.39 is 8.07 Å². The Kier molecular flexibility index (Phi) is 9.48. The van der Waals surface area contributed by atoms with E-state index in [0.29, 0.717) is 5.41 Å². The van der Waals surface area contributed by atoms with Crippen molar-refractivity contribution in [3.63, 3.8) is 0 Å². The zero-order valence-electron chi connectivity index (χ0n) is 38.7. The molecule has 67 heavy (non-hydrogen) atoms. The molecule has 0 spiro atoms. The van der Waals surface area contributed by atoms with Crippen LogP contribution in [0.25, 0.3) is 33.0 Å². The van der Waals surface area contributed by atoms with E-state index in [1.54, 1.807) is 5.56 Å². The molecule has 0 radical (unpaired) electrons. The molecule has 0 aliphatic heterocycles. The van der Waals surface area contributed by atoms with Crippen molar-refractivity contribution in [1.82, 2.24) is 0 Å². The Balaban J connectivity index is 1.02. The second-order valence-corrected chi connectivity index (χ2v) is 24.9. The summed E-state index contributed by atoms with van der Waals surface area (Å²) in [5, 5.41) is 8.06. The highest BCUT2D eigenvalue weighted by atomic mass is 28.3. The molecule has 2 heteroatoms. The van der Waals surface area contributed by atoms with Gasteiger partial charge >= 0.3 is 0 Å². The largest absolute Gasteiger partial charge is 0.310 e. The summed E-state index contributed by atoms with van der Waals surface area (Å²) in [6, 6.07) is 83.6. The lowest BCUT2D eigenvalue weighted by Gasteiger charge is -2.57. The minimum absolute atomic E-state index is 0.183. The van der Waals surface area contributed by atoms with Crippen LogP contribution < -0.4 is 25.6 Å². The zero-order valence-corrected chi connectivity index (χ0v) is 39.7. The van der Waals surface area contributed by atoms with Crippen LogP contribution in [0.4, 0.5) is 17.1 Å². The third-order valence-electron chi connectivity index (χ3n) is 16.9. The molecule has 0 unspecified atom stereocenters. The minimum Gasteiger partial charge on any atom is -0.310 e. The third kappa shape index (κ3) is 6.47. The van der Waals surface area contributed by atoms with E-state index in [0.717, 1.165) is 17.8 Å². The van der Waals surface area contributed by atoms with E-state index in [4.69, 9.17) is 0 Å². The molecule has 5 aliphatic rings. The van der Waals surface area contributed by atoms with Gasteiger partial charge in [0, 0.05) is 22.5 Å². The summed E-state index contributed by atoms with van der Waals surface area (Å²) in [6.45, 7) is 4.85. The number of anilines is 3. The summed E-state index contributed by atoms with van der Waals surface area (Å²) in [6.07, 6.45) is 8.49. The van der Waals surface area contributed by atoms with Gasteiger partial charge in [-0.2, -0.15) is 0 Å². The Hall–Kier alpha value is -6.74. The first-order chi connectivity index (χ1) is 32.9. The van der Waals surface area contributed by atoms with Crippen LogP contribution in [0.5, 0.6) is 0 Å². The lowest BCUT2D eigenvalue weighted by molar-refractivity contribution is -0.00518. The fraction of sp³-hybridized carbons (Fsp3) is 0.200. The first kappa shape index (κ1) is 40.5. The summed E-state index contributed by atoms with van der Waals surface area (Å²) in [5.41, 5.74) is 13.3. The van der Waals surface area contributed by atoms with Gasteiger partial charge in [0.1, 0.15) is 0 Å². The molecule has 4 bridgehead atoms. The number of fused-ring (bicyclic) bond motifs is 4. The maximum Gasteiger partial charge on any atom is 0.179 e. The topological polar surface area (TPSA) is 3.24 Å². The molecule has 9 aromatic rings. The van der Waals surface area contributed by atoms with Gasteiger partial charge in [-0.1, -0.05) is 190 Å². The average molecular weight is 880 g/mol. The zero-order chi connectivity index (χ0) is 44.7. The average Bonchev–Trinajstić information content (AvgIpc) is 3.60. The number of hydrogen-bond acceptors (Lipinski definition) is 1. The first-order valence-corrected chi connectivity index (χ1v) is 26.8. The van der Waals surface area contributed by atoms with Crippen molar-refractivity contribution in [2.45, 2.75) is 63.2 Å². The van der Waals surface area contributed by atoms with Crippen LogP contribution in [0.1, 0.15) is 69.1 Å². The molecule has 14 rings (SSSR count). The monoisotopic (exact) mass is 879 g/mol. The highest BCUT2D eigenvalue weighted by molar-refractivity contribution is 7.19. The van der Waals surface area contributed by atoms with Gasteiger partial charge in [0.25, 0.3) is 0 Å². The molecule has 0 N–H and O–H groups in total. The van der Waals surface area contributed by atoms with Crippen molar-refractivity contribution in [1.29, 1.82) is 0 Å². The Labute approximate surface area is 397 Å². The van der Waals surface area contributed by atoms with Crippen LogP contribution in [0.3, 0.4) is 0 Å². The molecule has 9 aromatic carbocycles. The van der Waals surface area contributed by atoms with Gasteiger partial charge < -0.3 is 4.90 Å². The van der Waals surface area contributed by atoms with Gasteiger partial charge in [-0.05, 0) is 175 Å². The van der Waals surface area contributed by atoms with Crippen LogP contribution in [-0.4, -0.2) is 8.07 Å². The predicted molar refractivity (Wildman–Crippen MR) is 285 cm³/mol. The van der Waals surface area contributed by atoms with Crippen molar-refractivity contribution < 1.29 is 0 Å². The number of nitrogens with zero attached hydrogens (tertiary/aromatic N) is 1. The van der Waals surface area contributed by atoms with Crippen LogP contribution >= 0.6 is 0 Å². The normalized spacial score (nSPS) is 21.0. The van der Waals surface area contributed by atoms with Crippen LogP contribution in [0.15, 0.2) is 218 Å². The summed E-state index contributed by atoms with van der Waals surface area (Å²) in [7, 11) is -2.72. The number of rotatable bonds is 9. The van der Waals surface area contributed by atoms with Crippen molar-refractivity contribution in [3.05, 3.63) is 235 Å². The van der Waals surface area contributed by atoms with Crippen LogP contribution in [0.2, 0.25) is 0 Å². The van der Waals surface area contributed by atoms with Gasteiger partial charge in [-0.15, -0.1) is 0 Å². The van der Waals surface area contributed by atoms with E-state index in [1.807, 2.05) is 0 Å². The fourth-order valence-electron chi connectivity index (χ4n) is 14.3. The van der Waals surface area contributed by atoms with Gasteiger partial charge in [0.2, 0.25) is 0 Å². The second kappa shape index (κ2) is 15.7. The number of hydrogen-bond donors (Lipinski definition) is 0. The Morgan fingerprint density at radius 2 is 0.896 bits per heavy atom. The Bertz CT molecular complexity index is 3150. The lowest BCUT2D eigenvalue weighted by atomic mass is 9.48. The number of benzene rings is 9. The molecule has 4 fully saturated rings. The van der Waals surface area contributed by atoms with E-state index in [-0.39, 0.29) is 5.41 Å². The molecule has 326 valence electrons. The quantitative estimate of drug-likeness (QED) is 0.103. The Morgan fingerprint density at radius 3 is 1.48 bits per heavy atom. The van der Waals surface area contributed by atoms with Gasteiger partial charge in [-0.3, -0.25) is 0 Å². The lowest BCUT2D eigenvalue weighted by Crippen LogP contribution is -2.74. The van der Waals surface area contributed by atoms with E-state index in [1.165, 1.54) is 120 Å². The molecule has 0 atom stereocenters. The SMILES string of the molecule is CC1(C)c2ccccc2-c2c(-c3ccc4ccccc4c3)cc(N(c3ccc(C45CC6CC(CC(C6)C4)C5)cc3)c3ccc([Si](c4ccccc4)(c4ccccc4)c4ccccc4)cc3)cc21. The van der Waals surface area contributed by atoms with Crippen LogP contribution in [0, 0.1) is 17.8 Å². The fourth-order valence-corrected chi connectivity index (χ4v) is 19.1. The molecule has 0 saturated heterocycles. The third-order valence-corrected chi connectivity index (χ3v) is 21.7. The molecule has 5 aliphatic carbocycles. The molecule has 1 nitrogen and oxygen atoms in total. The van der Waals surface area contributed by atoms with Crippen molar-refractivity contribution in [3.8, 4) is 22.3 Å². The molecule has 0 heterocycles. The van der Waals surface area contributed by atoms with Crippen molar-refractivity contribution in [2.75, 3.05) is 4.90 Å². The summed E-state index contributed by atoms with van der Waals surface area (Å²) < 4.78 is 0. The smallest absolute Gasteiger partial charge is 0.179 e. The van der Waals surface area contributed by atoms with E-state index >= 15 is 0 Å². The second-order valence-electron chi connectivity index (χ2n) is 21.1. The molecule has 0 aromatic heterocycles. The highest BCUT2D eigenvalue weighted by Crippen LogP contribution is 2.61. The van der Waals surface area contributed by atoms with E-state index in [2.05, 4.69) is 237 Å². The first-order valence-electron chi connectivity index (χ1n) is 24.8.